The van der Waals surface area contributed by atoms with E-state index in [2.05, 4.69) is 15.6 Å². The zero-order valence-electron chi connectivity index (χ0n) is 15.0. The molecule has 2 aromatic carbocycles. The van der Waals surface area contributed by atoms with Gasteiger partial charge in [0.05, 0.1) is 4.92 Å². The van der Waals surface area contributed by atoms with Gasteiger partial charge in [-0.15, -0.1) is 11.3 Å². The maximum Gasteiger partial charge on any atom is 0.323 e. The number of nitrogens with two attached hydrogens (primary N) is 1. The van der Waals surface area contributed by atoms with Crippen molar-refractivity contribution in [3.8, 4) is 11.1 Å². The number of nitrogens with zero attached hydrogens (tertiary/aromatic N) is 2. The van der Waals surface area contributed by atoms with Crippen LogP contribution in [0.25, 0.3) is 21.2 Å². The smallest absolute Gasteiger partial charge is 0.323 e. The van der Waals surface area contributed by atoms with Gasteiger partial charge in [-0.2, -0.15) is 0 Å². The molecule has 9 heteroatoms. The predicted molar refractivity (Wildman–Crippen MR) is 115 cm³/mol. The fraction of sp³-hybridized carbons (Fsp3) is 0. The van der Waals surface area contributed by atoms with E-state index in [1.807, 2.05) is 23.6 Å². The summed E-state index contributed by atoms with van der Waals surface area (Å²) in [5.41, 5.74) is 8.80. The number of rotatable bonds is 4. The van der Waals surface area contributed by atoms with Gasteiger partial charge >= 0.3 is 6.03 Å². The van der Waals surface area contributed by atoms with E-state index in [4.69, 9.17) is 5.73 Å². The Kier molecular flexibility index (Phi) is 4.80. The fourth-order valence-electron chi connectivity index (χ4n) is 2.95. The van der Waals surface area contributed by atoms with E-state index in [0.29, 0.717) is 17.2 Å². The molecule has 0 unspecified atom stereocenters. The first-order valence-electron chi connectivity index (χ1n) is 8.56. The maximum atomic E-state index is 12.2. The SMILES string of the molecule is Nc1nccc2scc(-c3ccc(NC(=O)Nc4cccc([N+](=O)[O-])c4)cc3)c12. The summed E-state index contributed by atoms with van der Waals surface area (Å²) < 4.78 is 1.06. The minimum absolute atomic E-state index is 0.0936. The number of aromatic nitrogens is 1. The number of nitrogens with one attached hydrogen (secondary N) is 2. The second-order valence-electron chi connectivity index (χ2n) is 6.18. The van der Waals surface area contributed by atoms with Crippen molar-refractivity contribution in [3.63, 3.8) is 0 Å². The van der Waals surface area contributed by atoms with Crippen molar-refractivity contribution in [2.75, 3.05) is 16.4 Å². The van der Waals surface area contributed by atoms with Crippen LogP contribution in [0.5, 0.6) is 0 Å². The number of hydrogen-bond donors (Lipinski definition) is 3. The lowest BCUT2D eigenvalue weighted by molar-refractivity contribution is -0.384. The number of amides is 2. The van der Waals surface area contributed by atoms with Crippen molar-refractivity contribution < 1.29 is 9.72 Å². The van der Waals surface area contributed by atoms with E-state index in [-0.39, 0.29) is 5.69 Å². The summed E-state index contributed by atoms with van der Waals surface area (Å²) in [6, 6.07) is 14.5. The van der Waals surface area contributed by atoms with Gasteiger partial charge in [-0.3, -0.25) is 10.1 Å². The van der Waals surface area contributed by atoms with Crippen LogP contribution in [0.3, 0.4) is 0 Å². The number of urea groups is 1. The van der Waals surface area contributed by atoms with Crippen LogP contribution >= 0.6 is 11.3 Å². The zero-order valence-corrected chi connectivity index (χ0v) is 15.8. The molecule has 0 bridgehead atoms. The molecule has 0 spiro atoms. The topological polar surface area (TPSA) is 123 Å². The lowest BCUT2D eigenvalue weighted by Crippen LogP contribution is -2.19. The zero-order chi connectivity index (χ0) is 20.4. The highest BCUT2D eigenvalue weighted by molar-refractivity contribution is 7.17. The number of nitro groups is 1. The molecule has 0 aliphatic rings. The van der Waals surface area contributed by atoms with Gasteiger partial charge in [0.1, 0.15) is 5.82 Å². The second kappa shape index (κ2) is 7.56. The Bertz CT molecular complexity index is 1220. The molecule has 29 heavy (non-hydrogen) atoms. The molecule has 4 N–H and O–H groups in total. The average Bonchev–Trinajstić information content (AvgIpc) is 3.14. The normalized spacial score (nSPS) is 10.6. The molecule has 0 atom stereocenters. The van der Waals surface area contributed by atoms with Crippen molar-refractivity contribution in [3.05, 3.63) is 76.3 Å². The first kappa shape index (κ1) is 18.4. The average molecular weight is 405 g/mol. The Morgan fingerprint density at radius 1 is 1.07 bits per heavy atom. The summed E-state index contributed by atoms with van der Waals surface area (Å²) in [4.78, 5) is 26.7. The number of pyridine rings is 1. The first-order valence-corrected chi connectivity index (χ1v) is 9.44. The van der Waals surface area contributed by atoms with Gasteiger partial charge in [0.2, 0.25) is 0 Å². The molecule has 2 heterocycles. The predicted octanol–water partition coefficient (Wildman–Crippen LogP) is 5.10. The van der Waals surface area contributed by atoms with Gasteiger partial charge in [-0.05, 0) is 35.2 Å². The van der Waals surface area contributed by atoms with Gasteiger partial charge in [0, 0.05) is 45.4 Å². The summed E-state index contributed by atoms with van der Waals surface area (Å²) in [5.74, 6) is 0.484. The number of thiophene rings is 1. The van der Waals surface area contributed by atoms with Crippen LogP contribution in [0.15, 0.2) is 66.2 Å². The minimum atomic E-state index is -0.516. The highest BCUT2D eigenvalue weighted by Crippen LogP contribution is 2.36. The molecule has 0 aliphatic heterocycles. The van der Waals surface area contributed by atoms with Crippen LogP contribution in [0, 0.1) is 10.1 Å². The number of anilines is 3. The third-order valence-corrected chi connectivity index (χ3v) is 5.23. The summed E-state index contributed by atoms with van der Waals surface area (Å²) >= 11 is 1.59. The van der Waals surface area contributed by atoms with Crippen LogP contribution in [0.1, 0.15) is 0 Å². The van der Waals surface area contributed by atoms with Crippen molar-refractivity contribution in [2.24, 2.45) is 0 Å². The molecular formula is C20H15N5O3S. The quantitative estimate of drug-likeness (QED) is 0.322. The van der Waals surface area contributed by atoms with Crippen LogP contribution in [0.4, 0.5) is 27.7 Å². The maximum absolute atomic E-state index is 12.2. The highest BCUT2D eigenvalue weighted by Gasteiger charge is 2.11. The Morgan fingerprint density at radius 3 is 2.59 bits per heavy atom. The number of carbonyl (C=O) groups excluding carboxylic acids is 1. The number of benzene rings is 2. The second-order valence-corrected chi connectivity index (χ2v) is 7.09. The van der Waals surface area contributed by atoms with Gasteiger partial charge < -0.3 is 16.4 Å². The summed E-state index contributed by atoms with van der Waals surface area (Å²) in [5, 5.41) is 19.1. The van der Waals surface area contributed by atoms with Crippen LogP contribution in [-0.2, 0) is 0 Å². The number of non-ortho nitro benzene ring substituents is 1. The largest absolute Gasteiger partial charge is 0.383 e. The number of nitro benzene ring substituents is 1. The summed E-state index contributed by atoms with van der Waals surface area (Å²) in [6.07, 6.45) is 1.69. The summed E-state index contributed by atoms with van der Waals surface area (Å²) in [6.45, 7) is 0. The lowest BCUT2D eigenvalue weighted by atomic mass is 10.1. The molecule has 8 nitrogen and oxygen atoms in total. The molecule has 4 rings (SSSR count). The van der Waals surface area contributed by atoms with Crippen LogP contribution in [0.2, 0.25) is 0 Å². The molecule has 0 radical (unpaired) electrons. The van der Waals surface area contributed by atoms with Gasteiger partial charge in [-0.1, -0.05) is 18.2 Å². The van der Waals surface area contributed by atoms with Crippen molar-refractivity contribution in [1.29, 1.82) is 0 Å². The third kappa shape index (κ3) is 3.85. The number of nitrogen functional groups attached to an aromatic ring is 1. The van der Waals surface area contributed by atoms with Crippen molar-refractivity contribution >= 4 is 50.3 Å². The van der Waals surface area contributed by atoms with Gasteiger partial charge in [0.25, 0.3) is 5.69 Å². The van der Waals surface area contributed by atoms with E-state index >= 15 is 0 Å². The van der Waals surface area contributed by atoms with E-state index in [0.717, 1.165) is 21.2 Å². The first-order chi connectivity index (χ1) is 14.0. The minimum Gasteiger partial charge on any atom is -0.383 e. The van der Waals surface area contributed by atoms with Crippen molar-refractivity contribution in [2.45, 2.75) is 0 Å². The van der Waals surface area contributed by atoms with Crippen LogP contribution < -0.4 is 16.4 Å². The van der Waals surface area contributed by atoms with E-state index in [9.17, 15) is 14.9 Å². The van der Waals surface area contributed by atoms with E-state index < -0.39 is 11.0 Å². The molecule has 2 aromatic heterocycles. The van der Waals surface area contributed by atoms with Crippen LogP contribution in [-0.4, -0.2) is 15.9 Å². The molecule has 0 saturated heterocycles. The molecule has 4 aromatic rings. The van der Waals surface area contributed by atoms with E-state index in [1.165, 1.54) is 18.2 Å². The Labute approximate surface area is 169 Å². The Hall–Kier alpha value is -3.98. The number of fused-ring (bicyclic) bond motifs is 1. The van der Waals surface area contributed by atoms with Crippen molar-refractivity contribution in [1.82, 2.24) is 4.98 Å². The molecule has 0 aliphatic carbocycles. The fourth-order valence-corrected chi connectivity index (χ4v) is 3.92. The van der Waals surface area contributed by atoms with Gasteiger partial charge in [0.15, 0.2) is 0 Å². The molecular weight excluding hydrogens is 390 g/mol. The van der Waals surface area contributed by atoms with Gasteiger partial charge in [-0.25, -0.2) is 9.78 Å². The Balaban J connectivity index is 1.49. The van der Waals surface area contributed by atoms with E-state index in [1.54, 1.807) is 35.7 Å². The summed E-state index contributed by atoms with van der Waals surface area (Å²) in [7, 11) is 0. The number of carbonyl (C=O) groups is 1. The molecule has 2 amide bonds. The Morgan fingerprint density at radius 2 is 1.83 bits per heavy atom. The third-order valence-electron chi connectivity index (χ3n) is 4.28. The number of hydrogen-bond acceptors (Lipinski definition) is 6. The monoisotopic (exact) mass is 405 g/mol. The lowest BCUT2D eigenvalue weighted by Gasteiger charge is -2.08. The molecule has 144 valence electrons. The molecule has 0 fully saturated rings. The highest BCUT2D eigenvalue weighted by atomic mass is 32.1. The standard InChI is InChI=1S/C20H15N5O3S/c21-19-18-16(11-29-17(18)8-9-22-19)12-4-6-13(7-5-12)23-20(26)24-14-2-1-3-15(10-14)25(27)28/h1-11H,(H2,21,22)(H2,23,24,26). The molecule has 0 saturated carbocycles.